The van der Waals surface area contributed by atoms with Crippen molar-refractivity contribution in [3.63, 3.8) is 0 Å². The van der Waals surface area contributed by atoms with Crippen LogP contribution in [-0.2, 0) is 14.8 Å². The quantitative estimate of drug-likeness (QED) is 0.745. The average molecular weight is 237 g/mol. The van der Waals surface area contributed by atoms with Gasteiger partial charge in [-0.2, -0.15) is 4.31 Å². The van der Waals surface area contributed by atoms with Gasteiger partial charge in [-0.1, -0.05) is 6.92 Å². The Labute approximate surface area is 91.1 Å². The first-order valence-electron chi connectivity index (χ1n) is 4.98. The number of rotatable bonds is 6. The number of nitrogens with zero attached hydrogens (tertiary/aromatic N) is 1. The maximum absolute atomic E-state index is 11.8. The summed E-state index contributed by atoms with van der Waals surface area (Å²) < 4.78 is 24.9. The Bertz CT molecular complexity index is 310. The van der Waals surface area contributed by atoms with Crippen LogP contribution in [0.15, 0.2) is 0 Å². The molecular formula is C9H19NO4S. The molecule has 0 heterocycles. The lowest BCUT2D eigenvalue weighted by Crippen LogP contribution is -2.45. The maximum atomic E-state index is 11.8. The smallest absolute Gasteiger partial charge is 0.323 e. The second-order valence-corrected chi connectivity index (χ2v) is 5.94. The molecule has 6 heteroatoms. The van der Waals surface area contributed by atoms with Gasteiger partial charge in [-0.25, -0.2) is 8.42 Å². The van der Waals surface area contributed by atoms with Crippen LogP contribution in [0.4, 0.5) is 0 Å². The van der Waals surface area contributed by atoms with Crippen molar-refractivity contribution in [1.29, 1.82) is 0 Å². The molecule has 0 amide bonds. The Morgan fingerprint density at radius 3 is 2.07 bits per heavy atom. The normalized spacial score (nSPS) is 14.5. The second kappa shape index (κ2) is 5.46. The van der Waals surface area contributed by atoms with E-state index in [0.29, 0.717) is 13.0 Å². The molecule has 0 aromatic heterocycles. The first kappa shape index (κ1) is 14.4. The van der Waals surface area contributed by atoms with Crippen LogP contribution >= 0.6 is 0 Å². The molecule has 0 aliphatic rings. The van der Waals surface area contributed by atoms with E-state index in [1.54, 1.807) is 13.8 Å². The van der Waals surface area contributed by atoms with E-state index in [1.165, 1.54) is 11.2 Å². The van der Waals surface area contributed by atoms with Crippen LogP contribution in [-0.4, -0.2) is 41.6 Å². The Morgan fingerprint density at radius 2 is 1.80 bits per heavy atom. The van der Waals surface area contributed by atoms with Gasteiger partial charge in [-0.3, -0.25) is 4.79 Å². The summed E-state index contributed by atoms with van der Waals surface area (Å²) in [4.78, 5) is 10.7. The third kappa shape index (κ3) is 3.46. The number of aliphatic carboxylic acids is 1. The fraction of sp³-hybridized carbons (Fsp3) is 0.889. The lowest BCUT2D eigenvalue weighted by atomic mass is 10.4. The summed E-state index contributed by atoms with van der Waals surface area (Å²) in [5.74, 6) is -1.31. The minimum Gasteiger partial charge on any atom is -0.480 e. The molecule has 1 N–H and O–H groups in total. The standard InChI is InChI=1S/C9H19NO4S/c1-5-6-10(7(2)3)15(13,14)8(4)9(11)12/h7-8H,5-6H2,1-4H3,(H,11,12). The van der Waals surface area contributed by atoms with Crippen LogP contribution in [0, 0.1) is 0 Å². The zero-order chi connectivity index (χ0) is 12.2. The molecule has 0 saturated heterocycles. The van der Waals surface area contributed by atoms with E-state index in [1.807, 2.05) is 6.92 Å². The van der Waals surface area contributed by atoms with Crippen molar-refractivity contribution in [2.75, 3.05) is 6.54 Å². The molecule has 0 aliphatic heterocycles. The number of hydrogen-bond acceptors (Lipinski definition) is 3. The van der Waals surface area contributed by atoms with Crippen molar-refractivity contribution in [2.24, 2.45) is 0 Å². The van der Waals surface area contributed by atoms with Gasteiger partial charge in [-0.15, -0.1) is 0 Å². The third-order valence-electron chi connectivity index (χ3n) is 2.14. The second-order valence-electron chi connectivity index (χ2n) is 3.73. The fourth-order valence-corrected chi connectivity index (χ4v) is 2.92. The predicted molar refractivity (Wildman–Crippen MR) is 58.2 cm³/mol. The highest BCUT2D eigenvalue weighted by molar-refractivity contribution is 7.90. The summed E-state index contributed by atoms with van der Waals surface area (Å²) in [6, 6.07) is -0.211. The third-order valence-corrected chi connectivity index (χ3v) is 4.49. The molecule has 0 aromatic rings. The maximum Gasteiger partial charge on any atom is 0.323 e. The summed E-state index contributed by atoms with van der Waals surface area (Å²) in [6.07, 6.45) is 0.670. The van der Waals surface area contributed by atoms with Crippen LogP contribution < -0.4 is 0 Å². The van der Waals surface area contributed by atoms with E-state index in [2.05, 4.69) is 0 Å². The molecule has 0 bridgehead atoms. The Morgan fingerprint density at radius 1 is 1.33 bits per heavy atom. The van der Waals surface area contributed by atoms with Crippen molar-refractivity contribution >= 4 is 16.0 Å². The van der Waals surface area contributed by atoms with Gasteiger partial charge in [-0.05, 0) is 27.2 Å². The number of carboxylic acids is 1. The highest BCUT2D eigenvalue weighted by Gasteiger charge is 2.34. The Kier molecular flexibility index (Phi) is 5.23. The molecule has 0 radical (unpaired) electrons. The molecular weight excluding hydrogens is 218 g/mol. The number of hydrogen-bond donors (Lipinski definition) is 1. The van der Waals surface area contributed by atoms with E-state index < -0.39 is 21.2 Å². The molecule has 0 saturated carbocycles. The summed E-state index contributed by atoms with van der Waals surface area (Å²) in [5, 5.41) is 7.33. The van der Waals surface area contributed by atoms with Crippen molar-refractivity contribution < 1.29 is 18.3 Å². The highest BCUT2D eigenvalue weighted by atomic mass is 32.2. The average Bonchev–Trinajstić information content (AvgIpc) is 2.11. The molecule has 0 fully saturated rings. The molecule has 0 spiro atoms. The Balaban J connectivity index is 5.04. The summed E-state index contributed by atoms with van der Waals surface area (Å²) >= 11 is 0. The van der Waals surface area contributed by atoms with E-state index in [4.69, 9.17) is 5.11 Å². The van der Waals surface area contributed by atoms with Gasteiger partial charge in [0.1, 0.15) is 0 Å². The minimum atomic E-state index is -3.73. The van der Waals surface area contributed by atoms with Gasteiger partial charge < -0.3 is 5.11 Å². The fourth-order valence-electron chi connectivity index (χ4n) is 1.23. The lowest BCUT2D eigenvalue weighted by molar-refractivity contribution is -0.136. The van der Waals surface area contributed by atoms with Crippen LogP contribution in [0.5, 0.6) is 0 Å². The molecule has 0 aliphatic carbocycles. The highest BCUT2D eigenvalue weighted by Crippen LogP contribution is 2.13. The van der Waals surface area contributed by atoms with E-state index >= 15 is 0 Å². The summed E-state index contributed by atoms with van der Waals surface area (Å²) in [7, 11) is -3.73. The summed E-state index contributed by atoms with van der Waals surface area (Å²) in [6.45, 7) is 6.89. The molecule has 5 nitrogen and oxygen atoms in total. The first-order chi connectivity index (χ1) is 6.75. The number of carbonyl (C=O) groups is 1. The molecule has 1 atom stereocenters. The van der Waals surface area contributed by atoms with Crippen LogP contribution in [0.3, 0.4) is 0 Å². The van der Waals surface area contributed by atoms with Crippen molar-refractivity contribution in [2.45, 2.75) is 45.4 Å². The zero-order valence-corrected chi connectivity index (χ0v) is 10.4. The largest absolute Gasteiger partial charge is 0.480 e. The van der Waals surface area contributed by atoms with Gasteiger partial charge >= 0.3 is 5.97 Å². The summed E-state index contributed by atoms with van der Waals surface area (Å²) in [5.41, 5.74) is 0. The van der Waals surface area contributed by atoms with Crippen molar-refractivity contribution in [1.82, 2.24) is 4.31 Å². The molecule has 90 valence electrons. The van der Waals surface area contributed by atoms with Gasteiger partial charge in [0, 0.05) is 12.6 Å². The van der Waals surface area contributed by atoms with Gasteiger partial charge in [0.05, 0.1) is 0 Å². The minimum absolute atomic E-state index is 0.211. The van der Waals surface area contributed by atoms with E-state index in [-0.39, 0.29) is 6.04 Å². The molecule has 15 heavy (non-hydrogen) atoms. The predicted octanol–water partition coefficient (Wildman–Crippen LogP) is 0.910. The van der Waals surface area contributed by atoms with Crippen molar-refractivity contribution in [3.8, 4) is 0 Å². The molecule has 0 aromatic carbocycles. The molecule has 1 unspecified atom stereocenters. The van der Waals surface area contributed by atoms with Gasteiger partial charge in [0.2, 0.25) is 10.0 Å². The van der Waals surface area contributed by atoms with Crippen LogP contribution in [0.25, 0.3) is 0 Å². The lowest BCUT2D eigenvalue weighted by Gasteiger charge is -2.27. The first-order valence-corrected chi connectivity index (χ1v) is 6.48. The zero-order valence-electron chi connectivity index (χ0n) is 9.60. The van der Waals surface area contributed by atoms with Crippen LogP contribution in [0.1, 0.15) is 34.1 Å². The topological polar surface area (TPSA) is 74.7 Å². The Hall–Kier alpha value is -0.620. The monoisotopic (exact) mass is 237 g/mol. The van der Waals surface area contributed by atoms with E-state index in [0.717, 1.165) is 0 Å². The van der Waals surface area contributed by atoms with E-state index in [9.17, 15) is 13.2 Å². The van der Waals surface area contributed by atoms with Crippen molar-refractivity contribution in [3.05, 3.63) is 0 Å². The number of carboxylic acid groups (broad SMARTS) is 1. The number of sulfonamides is 1. The van der Waals surface area contributed by atoms with Gasteiger partial charge in [0.15, 0.2) is 5.25 Å². The van der Waals surface area contributed by atoms with Gasteiger partial charge in [0.25, 0.3) is 0 Å². The molecule has 0 rings (SSSR count). The SMILES string of the molecule is CCCN(C(C)C)S(=O)(=O)C(C)C(=O)O. The van der Waals surface area contributed by atoms with Crippen LogP contribution in [0.2, 0.25) is 0 Å².